The topological polar surface area (TPSA) is 3.24 Å². The zero-order valence-corrected chi connectivity index (χ0v) is 9.14. The van der Waals surface area contributed by atoms with Crippen molar-refractivity contribution in [3.05, 3.63) is 0 Å². The minimum atomic E-state index is -0.0429. The van der Waals surface area contributed by atoms with Crippen molar-refractivity contribution in [3.63, 3.8) is 0 Å². The molecule has 1 aliphatic rings. The zero-order valence-electron chi connectivity index (χ0n) is 9.14. The van der Waals surface area contributed by atoms with Crippen LogP contribution in [0.2, 0.25) is 0 Å². The van der Waals surface area contributed by atoms with Gasteiger partial charge in [-0.2, -0.15) is 0 Å². The number of hydrogen-bond donors (Lipinski definition) is 0. The van der Waals surface area contributed by atoms with Gasteiger partial charge in [-0.05, 0) is 45.7 Å². The molecule has 0 aromatic heterocycles. The van der Waals surface area contributed by atoms with Gasteiger partial charge in [0.25, 0.3) is 0 Å². The fourth-order valence-electron chi connectivity index (χ4n) is 1.99. The number of terminal acetylenes is 1. The van der Waals surface area contributed by atoms with Gasteiger partial charge in [0.1, 0.15) is 0 Å². The van der Waals surface area contributed by atoms with Gasteiger partial charge in [-0.15, -0.1) is 6.42 Å². The van der Waals surface area contributed by atoms with Crippen LogP contribution in [0.4, 0.5) is 0 Å². The molecule has 1 aliphatic heterocycles. The van der Waals surface area contributed by atoms with Crippen molar-refractivity contribution in [2.75, 3.05) is 13.1 Å². The molecule has 13 heavy (non-hydrogen) atoms. The van der Waals surface area contributed by atoms with Crippen molar-refractivity contribution in [2.24, 2.45) is 5.92 Å². The van der Waals surface area contributed by atoms with Gasteiger partial charge in [-0.3, -0.25) is 4.90 Å². The Morgan fingerprint density at radius 2 is 1.92 bits per heavy atom. The fourth-order valence-corrected chi connectivity index (χ4v) is 1.99. The van der Waals surface area contributed by atoms with Gasteiger partial charge in [-0.1, -0.05) is 19.3 Å². The van der Waals surface area contributed by atoms with Crippen LogP contribution in [-0.2, 0) is 0 Å². The van der Waals surface area contributed by atoms with Crippen LogP contribution in [0.25, 0.3) is 0 Å². The molecule has 1 fully saturated rings. The molecule has 0 unspecified atom stereocenters. The van der Waals surface area contributed by atoms with Crippen molar-refractivity contribution in [1.29, 1.82) is 0 Å². The van der Waals surface area contributed by atoms with E-state index in [4.69, 9.17) is 6.42 Å². The third-order valence-corrected chi connectivity index (χ3v) is 3.34. The van der Waals surface area contributed by atoms with E-state index in [-0.39, 0.29) is 5.54 Å². The molecule has 0 amide bonds. The lowest BCUT2D eigenvalue weighted by Gasteiger charge is -2.39. The van der Waals surface area contributed by atoms with Crippen molar-refractivity contribution >= 4 is 0 Å². The summed E-state index contributed by atoms with van der Waals surface area (Å²) < 4.78 is 0. The Morgan fingerprint density at radius 3 is 2.31 bits per heavy atom. The van der Waals surface area contributed by atoms with Crippen LogP contribution in [0.3, 0.4) is 0 Å². The molecule has 1 rings (SSSR count). The summed E-state index contributed by atoms with van der Waals surface area (Å²) >= 11 is 0. The van der Waals surface area contributed by atoms with E-state index in [9.17, 15) is 0 Å². The number of hydrogen-bond acceptors (Lipinski definition) is 1. The van der Waals surface area contributed by atoms with Crippen molar-refractivity contribution in [1.82, 2.24) is 4.90 Å². The van der Waals surface area contributed by atoms with Crippen molar-refractivity contribution in [2.45, 2.75) is 45.6 Å². The van der Waals surface area contributed by atoms with Crippen LogP contribution < -0.4 is 0 Å². The molecule has 1 heterocycles. The summed E-state index contributed by atoms with van der Waals surface area (Å²) in [6.45, 7) is 8.91. The Balaban J connectivity index is 2.46. The van der Waals surface area contributed by atoms with Crippen molar-refractivity contribution in [3.8, 4) is 12.3 Å². The quantitative estimate of drug-likeness (QED) is 0.589. The summed E-state index contributed by atoms with van der Waals surface area (Å²) in [6, 6.07) is 0. The molecular formula is C12H21N. The summed E-state index contributed by atoms with van der Waals surface area (Å²) in [5.41, 5.74) is -0.0429. The highest BCUT2D eigenvalue weighted by Crippen LogP contribution is 2.25. The normalized spacial score (nSPS) is 21.4. The average molecular weight is 179 g/mol. The smallest absolute Gasteiger partial charge is 0.0766 e. The van der Waals surface area contributed by atoms with Crippen LogP contribution in [-0.4, -0.2) is 23.5 Å². The highest BCUT2D eigenvalue weighted by Gasteiger charge is 2.28. The Morgan fingerprint density at radius 1 is 1.38 bits per heavy atom. The first-order valence-corrected chi connectivity index (χ1v) is 5.33. The van der Waals surface area contributed by atoms with E-state index in [2.05, 4.69) is 31.6 Å². The van der Waals surface area contributed by atoms with Crippen LogP contribution >= 0.6 is 0 Å². The Labute approximate surface area is 82.5 Å². The molecule has 0 spiro atoms. The van der Waals surface area contributed by atoms with E-state index < -0.39 is 0 Å². The molecule has 1 saturated heterocycles. The molecule has 1 nitrogen and oxygen atoms in total. The van der Waals surface area contributed by atoms with Crippen LogP contribution in [0.1, 0.15) is 40.0 Å². The number of nitrogens with zero attached hydrogens (tertiary/aromatic N) is 1. The predicted molar refractivity (Wildman–Crippen MR) is 57.5 cm³/mol. The Kier molecular flexibility index (Phi) is 3.39. The maximum Gasteiger partial charge on any atom is 0.0766 e. The molecule has 0 aliphatic carbocycles. The van der Waals surface area contributed by atoms with Gasteiger partial charge in [0, 0.05) is 0 Å². The summed E-state index contributed by atoms with van der Waals surface area (Å²) in [5.74, 6) is 3.80. The zero-order chi connectivity index (χ0) is 9.90. The molecular weight excluding hydrogens is 158 g/mol. The standard InChI is InChI=1S/C12H21N/c1-5-11-7-9-13(10-8-11)12(3,4)6-2/h2,11H,5,7-10H2,1,3-4H3. The third kappa shape index (κ3) is 2.48. The summed E-state index contributed by atoms with van der Waals surface area (Å²) in [5, 5.41) is 0. The fraction of sp³-hybridized carbons (Fsp3) is 0.833. The van der Waals surface area contributed by atoms with Gasteiger partial charge in [0.2, 0.25) is 0 Å². The van der Waals surface area contributed by atoms with Gasteiger partial charge in [0.05, 0.1) is 5.54 Å². The minimum Gasteiger partial charge on any atom is -0.288 e. The highest BCUT2D eigenvalue weighted by molar-refractivity contribution is 5.09. The molecule has 74 valence electrons. The number of rotatable bonds is 2. The summed E-state index contributed by atoms with van der Waals surface area (Å²) in [7, 11) is 0. The first kappa shape index (κ1) is 10.6. The van der Waals surface area contributed by atoms with Gasteiger partial charge in [-0.25, -0.2) is 0 Å². The van der Waals surface area contributed by atoms with Crippen LogP contribution in [0, 0.1) is 18.3 Å². The second kappa shape index (κ2) is 4.15. The second-order valence-electron chi connectivity index (χ2n) is 4.54. The SMILES string of the molecule is C#CC(C)(C)N1CCC(CC)CC1. The summed E-state index contributed by atoms with van der Waals surface area (Å²) in [6.07, 6.45) is 9.48. The molecule has 0 bridgehead atoms. The lowest BCUT2D eigenvalue weighted by molar-refractivity contribution is 0.111. The van der Waals surface area contributed by atoms with Gasteiger partial charge < -0.3 is 0 Å². The minimum absolute atomic E-state index is 0.0429. The number of piperidine rings is 1. The van der Waals surface area contributed by atoms with E-state index in [1.807, 2.05) is 0 Å². The van der Waals surface area contributed by atoms with E-state index >= 15 is 0 Å². The van der Waals surface area contributed by atoms with E-state index in [1.54, 1.807) is 0 Å². The summed E-state index contributed by atoms with van der Waals surface area (Å²) in [4.78, 5) is 2.43. The molecule has 0 atom stereocenters. The third-order valence-electron chi connectivity index (χ3n) is 3.34. The highest BCUT2D eigenvalue weighted by atomic mass is 15.2. The lowest BCUT2D eigenvalue weighted by Crippen LogP contribution is -2.47. The van der Waals surface area contributed by atoms with Crippen LogP contribution in [0.5, 0.6) is 0 Å². The van der Waals surface area contributed by atoms with Gasteiger partial charge >= 0.3 is 0 Å². The van der Waals surface area contributed by atoms with Crippen LogP contribution in [0.15, 0.2) is 0 Å². The second-order valence-corrected chi connectivity index (χ2v) is 4.54. The largest absolute Gasteiger partial charge is 0.288 e. The Bertz CT molecular complexity index is 192. The molecule has 0 radical (unpaired) electrons. The first-order valence-electron chi connectivity index (χ1n) is 5.33. The lowest BCUT2D eigenvalue weighted by atomic mass is 9.91. The maximum atomic E-state index is 5.51. The van der Waals surface area contributed by atoms with E-state index in [0.29, 0.717) is 0 Å². The van der Waals surface area contributed by atoms with Gasteiger partial charge in [0.15, 0.2) is 0 Å². The predicted octanol–water partition coefficient (Wildman–Crippen LogP) is 2.52. The molecule has 0 saturated carbocycles. The first-order chi connectivity index (χ1) is 6.10. The Hall–Kier alpha value is -0.480. The maximum absolute atomic E-state index is 5.51. The van der Waals surface area contributed by atoms with Crippen molar-refractivity contribution < 1.29 is 0 Å². The monoisotopic (exact) mass is 179 g/mol. The molecule has 1 heteroatoms. The number of likely N-dealkylation sites (tertiary alicyclic amines) is 1. The van der Waals surface area contributed by atoms with E-state index in [0.717, 1.165) is 5.92 Å². The molecule has 0 N–H and O–H groups in total. The average Bonchev–Trinajstić information content (AvgIpc) is 2.18. The molecule has 0 aromatic carbocycles. The van der Waals surface area contributed by atoms with E-state index in [1.165, 1.54) is 32.4 Å². The molecule has 0 aromatic rings.